The van der Waals surface area contributed by atoms with E-state index in [1.165, 1.54) is 14.0 Å². The summed E-state index contributed by atoms with van der Waals surface area (Å²) in [6.07, 6.45) is 0. The quantitative estimate of drug-likeness (QED) is 0.777. The Hall–Kier alpha value is -3.29. The maximum absolute atomic E-state index is 13.1. The highest BCUT2D eigenvalue weighted by Gasteiger charge is 2.61. The van der Waals surface area contributed by atoms with E-state index in [0.29, 0.717) is 11.3 Å². The largest absolute Gasteiger partial charge is 0.466 e. The number of anilines is 1. The number of nitrogens with one attached hydrogen (secondary N) is 1. The average molecular weight is 358 g/mol. The number of fused-ring (bicyclic) bond motifs is 2. The van der Waals surface area contributed by atoms with E-state index in [-0.39, 0.29) is 29.4 Å². The zero-order valence-electron chi connectivity index (χ0n) is 14.5. The molecule has 8 nitrogen and oxygen atoms in total. The second-order valence-corrected chi connectivity index (χ2v) is 5.73. The highest BCUT2D eigenvalue weighted by atomic mass is 16.5. The van der Waals surface area contributed by atoms with E-state index in [4.69, 9.17) is 19.9 Å². The standard InChI is InChI=1S/C18H18N2O6/c1-4-25-16(22)13-14(19)26-9(2)12(15(21)24-3)18(13)10-7-5-6-8-11(10)20-17(18)23/h5-8H,4,19H2,1-3H3,(H,20,23). The van der Waals surface area contributed by atoms with Gasteiger partial charge in [0.25, 0.3) is 0 Å². The number of carbonyl (C=O) groups excluding carboxylic acids is 3. The van der Waals surface area contributed by atoms with Crippen LogP contribution >= 0.6 is 0 Å². The van der Waals surface area contributed by atoms with Crippen LogP contribution in [0.25, 0.3) is 0 Å². The lowest BCUT2D eigenvalue weighted by atomic mass is 9.67. The molecule has 0 aliphatic carbocycles. The molecule has 3 rings (SSSR count). The molecule has 2 aliphatic heterocycles. The molecule has 0 saturated heterocycles. The van der Waals surface area contributed by atoms with Crippen molar-refractivity contribution in [1.29, 1.82) is 0 Å². The van der Waals surface area contributed by atoms with Gasteiger partial charge in [0.05, 0.1) is 13.7 Å². The Bertz CT molecular complexity index is 885. The van der Waals surface area contributed by atoms with Gasteiger partial charge in [-0.3, -0.25) is 4.79 Å². The van der Waals surface area contributed by atoms with E-state index < -0.39 is 23.3 Å². The van der Waals surface area contributed by atoms with Crippen LogP contribution in [0.1, 0.15) is 19.4 Å². The zero-order chi connectivity index (χ0) is 19.1. The van der Waals surface area contributed by atoms with Crippen molar-refractivity contribution in [3.05, 3.63) is 52.6 Å². The van der Waals surface area contributed by atoms with Gasteiger partial charge in [-0.2, -0.15) is 0 Å². The van der Waals surface area contributed by atoms with E-state index in [1.807, 2.05) is 0 Å². The van der Waals surface area contributed by atoms with E-state index in [1.54, 1.807) is 31.2 Å². The number of hydrogen-bond donors (Lipinski definition) is 2. The molecule has 2 heterocycles. The second-order valence-electron chi connectivity index (χ2n) is 5.73. The van der Waals surface area contributed by atoms with Crippen molar-refractivity contribution in [3.63, 3.8) is 0 Å². The van der Waals surface area contributed by atoms with Gasteiger partial charge < -0.3 is 25.3 Å². The minimum atomic E-state index is -1.80. The van der Waals surface area contributed by atoms with E-state index in [2.05, 4.69) is 5.32 Å². The second kappa shape index (κ2) is 6.21. The van der Waals surface area contributed by atoms with Gasteiger partial charge in [0.2, 0.25) is 11.8 Å². The lowest BCUT2D eigenvalue weighted by Gasteiger charge is -2.35. The third kappa shape index (κ3) is 2.18. The van der Waals surface area contributed by atoms with Crippen LogP contribution in [-0.4, -0.2) is 31.6 Å². The predicted octanol–water partition coefficient (Wildman–Crippen LogP) is 1.09. The fourth-order valence-electron chi connectivity index (χ4n) is 3.45. The van der Waals surface area contributed by atoms with Gasteiger partial charge in [0, 0.05) is 11.3 Å². The summed E-state index contributed by atoms with van der Waals surface area (Å²) in [7, 11) is 1.18. The zero-order valence-corrected chi connectivity index (χ0v) is 14.5. The molecule has 0 aromatic heterocycles. The molecule has 8 heteroatoms. The molecule has 0 bridgehead atoms. The number of methoxy groups -OCH3 is 1. The van der Waals surface area contributed by atoms with E-state index in [9.17, 15) is 14.4 Å². The molecule has 2 aliphatic rings. The van der Waals surface area contributed by atoms with E-state index in [0.717, 1.165) is 0 Å². The molecule has 0 saturated carbocycles. The van der Waals surface area contributed by atoms with Crippen LogP contribution in [0.3, 0.4) is 0 Å². The molecule has 1 atom stereocenters. The third-order valence-corrected chi connectivity index (χ3v) is 4.40. The van der Waals surface area contributed by atoms with Crippen molar-refractivity contribution in [2.45, 2.75) is 19.3 Å². The van der Waals surface area contributed by atoms with Gasteiger partial charge in [-0.25, -0.2) is 9.59 Å². The molecule has 26 heavy (non-hydrogen) atoms. The summed E-state index contributed by atoms with van der Waals surface area (Å²) in [6, 6.07) is 6.73. The van der Waals surface area contributed by atoms with Gasteiger partial charge in [-0.05, 0) is 19.9 Å². The lowest BCUT2D eigenvalue weighted by molar-refractivity contribution is -0.142. The topological polar surface area (TPSA) is 117 Å². The first-order valence-electron chi connectivity index (χ1n) is 7.95. The minimum Gasteiger partial charge on any atom is -0.466 e. The van der Waals surface area contributed by atoms with Crippen molar-refractivity contribution in [2.75, 3.05) is 19.0 Å². The SMILES string of the molecule is CCOC(=O)C1=C(N)OC(C)=C(C(=O)OC)C12C(=O)Nc1ccccc12. The fourth-order valence-corrected chi connectivity index (χ4v) is 3.45. The molecular formula is C18H18N2O6. The van der Waals surface area contributed by atoms with Crippen LogP contribution in [0.15, 0.2) is 47.1 Å². The maximum atomic E-state index is 13.1. The fraction of sp³-hybridized carbons (Fsp3) is 0.278. The Balaban J connectivity index is 2.40. The van der Waals surface area contributed by atoms with Crippen molar-refractivity contribution in [2.24, 2.45) is 5.73 Å². The smallest absolute Gasteiger partial charge is 0.341 e. The number of ether oxygens (including phenoxy) is 3. The number of allylic oxidation sites excluding steroid dienone is 1. The van der Waals surface area contributed by atoms with Crippen LogP contribution in [0.5, 0.6) is 0 Å². The third-order valence-electron chi connectivity index (χ3n) is 4.40. The summed E-state index contributed by atoms with van der Waals surface area (Å²) in [6.45, 7) is 3.16. The highest BCUT2D eigenvalue weighted by molar-refractivity contribution is 6.21. The van der Waals surface area contributed by atoms with Crippen LogP contribution in [0.2, 0.25) is 0 Å². The number of nitrogens with two attached hydrogens (primary N) is 1. The van der Waals surface area contributed by atoms with Crippen LogP contribution in [-0.2, 0) is 34.0 Å². The number of rotatable bonds is 3. The Labute approximate surface area is 149 Å². The Morgan fingerprint density at radius 2 is 1.92 bits per heavy atom. The number of para-hydroxylation sites is 1. The summed E-state index contributed by atoms with van der Waals surface area (Å²) in [5.74, 6) is -2.46. The number of carbonyl (C=O) groups is 3. The number of hydrogen-bond acceptors (Lipinski definition) is 7. The van der Waals surface area contributed by atoms with Crippen molar-refractivity contribution >= 4 is 23.5 Å². The molecule has 3 N–H and O–H groups in total. The molecule has 0 radical (unpaired) electrons. The molecule has 1 unspecified atom stereocenters. The van der Waals surface area contributed by atoms with Crippen molar-refractivity contribution < 1.29 is 28.6 Å². The van der Waals surface area contributed by atoms with E-state index >= 15 is 0 Å². The molecular weight excluding hydrogens is 340 g/mol. The van der Waals surface area contributed by atoms with Crippen LogP contribution in [0.4, 0.5) is 5.69 Å². The molecule has 0 fully saturated rings. The molecule has 1 spiro atoms. The van der Waals surface area contributed by atoms with Gasteiger partial charge in [-0.15, -0.1) is 0 Å². The molecule has 136 valence electrons. The van der Waals surface area contributed by atoms with Gasteiger partial charge in [0.1, 0.15) is 22.3 Å². The highest BCUT2D eigenvalue weighted by Crippen LogP contribution is 2.52. The van der Waals surface area contributed by atoms with Crippen LogP contribution in [0, 0.1) is 0 Å². The van der Waals surface area contributed by atoms with Gasteiger partial charge in [0.15, 0.2) is 0 Å². The maximum Gasteiger partial charge on any atom is 0.341 e. The monoisotopic (exact) mass is 358 g/mol. The summed E-state index contributed by atoms with van der Waals surface area (Å²) < 4.78 is 15.4. The average Bonchev–Trinajstić information content (AvgIpc) is 2.87. The first-order valence-corrected chi connectivity index (χ1v) is 7.95. The molecule has 1 aromatic carbocycles. The molecule has 1 aromatic rings. The predicted molar refractivity (Wildman–Crippen MR) is 90.4 cm³/mol. The minimum absolute atomic E-state index is 0.0607. The Morgan fingerprint density at radius 3 is 2.58 bits per heavy atom. The molecule has 1 amide bonds. The lowest BCUT2D eigenvalue weighted by Crippen LogP contribution is -2.48. The Morgan fingerprint density at radius 1 is 1.23 bits per heavy atom. The first kappa shape index (κ1) is 17.5. The summed E-state index contributed by atoms with van der Waals surface area (Å²) in [5.41, 5.74) is 4.67. The summed E-state index contributed by atoms with van der Waals surface area (Å²) in [5, 5.41) is 2.70. The van der Waals surface area contributed by atoms with Crippen LogP contribution < -0.4 is 11.1 Å². The Kier molecular flexibility index (Phi) is 4.19. The van der Waals surface area contributed by atoms with Crippen molar-refractivity contribution in [3.8, 4) is 0 Å². The number of benzene rings is 1. The van der Waals surface area contributed by atoms with Gasteiger partial charge >= 0.3 is 11.9 Å². The summed E-state index contributed by atoms with van der Waals surface area (Å²) in [4.78, 5) is 38.4. The normalized spacial score (nSPS) is 21.3. The van der Waals surface area contributed by atoms with Gasteiger partial charge in [-0.1, -0.05) is 18.2 Å². The number of amides is 1. The summed E-state index contributed by atoms with van der Waals surface area (Å²) >= 11 is 0. The number of esters is 2. The van der Waals surface area contributed by atoms with Crippen molar-refractivity contribution in [1.82, 2.24) is 0 Å². The first-order chi connectivity index (χ1) is 12.4.